The molecule has 1 atom stereocenters. The average molecular weight is 266 g/mol. The summed E-state index contributed by atoms with van der Waals surface area (Å²) in [6.07, 6.45) is 2.32. The van der Waals surface area contributed by atoms with Crippen LogP contribution in [0.2, 0.25) is 5.02 Å². The summed E-state index contributed by atoms with van der Waals surface area (Å²) in [6.45, 7) is 4.15. The lowest BCUT2D eigenvalue weighted by Crippen LogP contribution is -2.32. The molecule has 4 nitrogen and oxygen atoms in total. The van der Waals surface area contributed by atoms with Crippen LogP contribution in [0.5, 0.6) is 0 Å². The molecule has 18 heavy (non-hydrogen) atoms. The summed E-state index contributed by atoms with van der Waals surface area (Å²) in [4.78, 5) is 17.4. The van der Waals surface area contributed by atoms with Crippen molar-refractivity contribution in [2.24, 2.45) is 0 Å². The van der Waals surface area contributed by atoms with Gasteiger partial charge in [0.25, 0.3) is 0 Å². The predicted octanol–water partition coefficient (Wildman–Crippen LogP) is 2.60. The molecule has 1 aliphatic rings. The zero-order chi connectivity index (χ0) is 12.7. The van der Waals surface area contributed by atoms with Gasteiger partial charge in [-0.25, -0.2) is 4.79 Å². The maximum absolute atomic E-state index is 12.2. The van der Waals surface area contributed by atoms with Crippen molar-refractivity contribution in [3.05, 3.63) is 33.7 Å². The van der Waals surface area contributed by atoms with Crippen LogP contribution in [0.25, 0.3) is 11.0 Å². The second-order valence-corrected chi connectivity index (χ2v) is 5.09. The van der Waals surface area contributed by atoms with Gasteiger partial charge < -0.3 is 4.98 Å². The summed E-state index contributed by atoms with van der Waals surface area (Å²) < 4.78 is 1.84. The number of aromatic amines is 1. The van der Waals surface area contributed by atoms with E-state index in [1.54, 1.807) is 6.07 Å². The Morgan fingerprint density at radius 1 is 1.50 bits per heavy atom. The summed E-state index contributed by atoms with van der Waals surface area (Å²) in [7, 11) is 0. The molecule has 0 bridgehead atoms. The van der Waals surface area contributed by atoms with Crippen molar-refractivity contribution in [2.45, 2.75) is 25.9 Å². The number of nitrogens with zero attached hydrogens (tertiary/aromatic N) is 2. The number of imidazole rings is 1. The number of halogens is 1. The highest BCUT2D eigenvalue weighted by Crippen LogP contribution is 2.29. The molecule has 0 amide bonds. The van der Waals surface area contributed by atoms with Crippen LogP contribution in [-0.4, -0.2) is 27.5 Å². The second kappa shape index (κ2) is 4.44. The normalized spacial score (nSPS) is 20.9. The molecule has 2 aromatic rings. The number of H-pyrrole nitrogens is 1. The third kappa shape index (κ3) is 1.68. The molecule has 0 aliphatic carbocycles. The van der Waals surface area contributed by atoms with Gasteiger partial charge >= 0.3 is 5.69 Å². The molecule has 1 aliphatic heterocycles. The Balaban J connectivity index is 2.20. The predicted molar refractivity (Wildman–Crippen MR) is 73.1 cm³/mol. The van der Waals surface area contributed by atoms with Crippen molar-refractivity contribution in [1.29, 1.82) is 0 Å². The minimum atomic E-state index is -0.0662. The number of likely N-dealkylation sites (tertiary alicyclic amines) is 1. The van der Waals surface area contributed by atoms with Gasteiger partial charge in [0.2, 0.25) is 0 Å². The van der Waals surface area contributed by atoms with Crippen LogP contribution in [0.1, 0.15) is 25.9 Å². The first-order valence-corrected chi connectivity index (χ1v) is 6.73. The lowest BCUT2D eigenvalue weighted by atomic mass is 10.3. The fourth-order valence-electron chi connectivity index (χ4n) is 2.88. The van der Waals surface area contributed by atoms with Crippen LogP contribution < -0.4 is 5.69 Å². The van der Waals surface area contributed by atoms with Crippen LogP contribution in [0.4, 0.5) is 0 Å². The molecular weight excluding hydrogens is 250 g/mol. The molecule has 0 spiro atoms. The molecule has 1 aromatic heterocycles. The molecule has 1 fully saturated rings. The Labute approximate surface area is 110 Å². The number of fused-ring (bicyclic) bond motifs is 1. The summed E-state index contributed by atoms with van der Waals surface area (Å²) in [5, 5.41) is 0.601. The molecule has 1 saturated heterocycles. The van der Waals surface area contributed by atoms with Gasteiger partial charge in [-0.15, -0.1) is 0 Å². The molecule has 1 aromatic carbocycles. The minimum Gasteiger partial charge on any atom is -0.304 e. The maximum Gasteiger partial charge on any atom is 0.327 e. The first kappa shape index (κ1) is 11.8. The topological polar surface area (TPSA) is 41.0 Å². The van der Waals surface area contributed by atoms with E-state index in [1.807, 2.05) is 16.7 Å². The highest BCUT2D eigenvalue weighted by Gasteiger charge is 2.27. The van der Waals surface area contributed by atoms with E-state index in [1.165, 1.54) is 0 Å². The second-order valence-electron chi connectivity index (χ2n) is 4.69. The number of aromatic nitrogens is 2. The molecule has 2 heterocycles. The number of rotatable bonds is 2. The van der Waals surface area contributed by atoms with E-state index in [0.717, 1.165) is 37.0 Å². The SMILES string of the molecule is CCN1CCCC1n1c(=O)[nH]c2c(Cl)cccc21. The molecule has 3 rings (SSSR count). The third-order valence-corrected chi connectivity index (χ3v) is 4.05. The van der Waals surface area contributed by atoms with Crippen LogP contribution in [0, 0.1) is 0 Å². The minimum absolute atomic E-state index is 0.0662. The van der Waals surface area contributed by atoms with E-state index in [-0.39, 0.29) is 11.9 Å². The number of nitrogens with one attached hydrogen (secondary N) is 1. The van der Waals surface area contributed by atoms with Crippen LogP contribution in [0.3, 0.4) is 0 Å². The van der Waals surface area contributed by atoms with Gasteiger partial charge in [0, 0.05) is 6.54 Å². The molecule has 0 radical (unpaired) electrons. The fraction of sp³-hybridized carbons (Fsp3) is 0.462. The Morgan fingerprint density at radius 3 is 3.11 bits per heavy atom. The number of hydrogen-bond donors (Lipinski definition) is 1. The lowest BCUT2D eigenvalue weighted by molar-refractivity contribution is 0.204. The summed E-state index contributed by atoms with van der Waals surface area (Å²) >= 11 is 6.12. The van der Waals surface area contributed by atoms with E-state index >= 15 is 0 Å². The Morgan fingerprint density at radius 2 is 2.33 bits per heavy atom. The van der Waals surface area contributed by atoms with Crippen molar-refractivity contribution < 1.29 is 0 Å². The zero-order valence-corrected chi connectivity index (χ0v) is 11.1. The van der Waals surface area contributed by atoms with Crippen LogP contribution in [0.15, 0.2) is 23.0 Å². The zero-order valence-electron chi connectivity index (χ0n) is 10.3. The van der Waals surface area contributed by atoms with Crippen molar-refractivity contribution in [3.63, 3.8) is 0 Å². The number of hydrogen-bond acceptors (Lipinski definition) is 2. The number of benzene rings is 1. The van der Waals surface area contributed by atoms with Gasteiger partial charge in [-0.3, -0.25) is 9.47 Å². The molecule has 1 N–H and O–H groups in total. The third-order valence-electron chi connectivity index (χ3n) is 3.74. The van der Waals surface area contributed by atoms with E-state index in [9.17, 15) is 4.79 Å². The molecule has 1 unspecified atom stereocenters. The van der Waals surface area contributed by atoms with Crippen molar-refractivity contribution in [3.8, 4) is 0 Å². The highest BCUT2D eigenvalue weighted by molar-refractivity contribution is 6.34. The van der Waals surface area contributed by atoms with E-state index in [2.05, 4.69) is 16.8 Å². The molecule has 0 saturated carbocycles. The summed E-state index contributed by atoms with van der Waals surface area (Å²) in [5.41, 5.74) is 1.58. The first-order valence-electron chi connectivity index (χ1n) is 6.35. The van der Waals surface area contributed by atoms with Crippen molar-refractivity contribution in [1.82, 2.24) is 14.5 Å². The van der Waals surface area contributed by atoms with Crippen molar-refractivity contribution >= 4 is 22.6 Å². The lowest BCUT2D eigenvalue weighted by Gasteiger charge is -2.23. The van der Waals surface area contributed by atoms with E-state index < -0.39 is 0 Å². The average Bonchev–Trinajstić information content (AvgIpc) is 2.93. The quantitative estimate of drug-likeness (QED) is 0.907. The van der Waals surface area contributed by atoms with Crippen LogP contribution in [-0.2, 0) is 0 Å². The van der Waals surface area contributed by atoms with Gasteiger partial charge in [-0.1, -0.05) is 24.6 Å². The summed E-state index contributed by atoms with van der Waals surface area (Å²) in [5.74, 6) is 0. The highest BCUT2D eigenvalue weighted by atomic mass is 35.5. The molecule has 96 valence electrons. The van der Waals surface area contributed by atoms with Crippen molar-refractivity contribution in [2.75, 3.05) is 13.1 Å². The fourth-order valence-corrected chi connectivity index (χ4v) is 3.10. The first-order chi connectivity index (χ1) is 8.72. The van der Waals surface area contributed by atoms with Gasteiger partial charge in [-0.2, -0.15) is 0 Å². The molecular formula is C13H16ClN3O. The monoisotopic (exact) mass is 265 g/mol. The maximum atomic E-state index is 12.2. The van der Waals surface area contributed by atoms with E-state index in [0.29, 0.717) is 5.02 Å². The van der Waals surface area contributed by atoms with Gasteiger partial charge in [-0.05, 0) is 31.5 Å². The van der Waals surface area contributed by atoms with Gasteiger partial charge in [0.05, 0.1) is 22.2 Å². The Bertz CT molecular complexity index is 631. The summed E-state index contributed by atoms with van der Waals surface area (Å²) in [6, 6.07) is 5.64. The van der Waals surface area contributed by atoms with Gasteiger partial charge in [0.15, 0.2) is 0 Å². The smallest absolute Gasteiger partial charge is 0.304 e. The van der Waals surface area contributed by atoms with Gasteiger partial charge in [0.1, 0.15) is 0 Å². The number of para-hydroxylation sites is 1. The van der Waals surface area contributed by atoms with Crippen LogP contribution >= 0.6 is 11.6 Å². The standard InChI is InChI=1S/C13H16ClN3O/c1-2-16-8-4-7-11(16)17-10-6-3-5-9(14)12(10)15-13(17)18/h3,5-6,11H,2,4,7-8H2,1H3,(H,15,18). The Hall–Kier alpha value is -1.26. The molecule has 5 heteroatoms. The Kier molecular flexibility index (Phi) is 2.92. The largest absolute Gasteiger partial charge is 0.327 e. The van der Waals surface area contributed by atoms with E-state index in [4.69, 9.17) is 11.6 Å².